The zero-order valence-corrected chi connectivity index (χ0v) is 11.6. The van der Waals surface area contributed by atoms with E-state index < -0.39 is 11.6 Å². The molecule has 1 atom stereocenters. The van der Waals surface area contributed by atoms with Crippen LogP contribution in [0.25, 0.3) is 10.9 Å². The number of ether oxygens (including phenoxy) is 1. The Morgan fingerprint density at radius 3 is 3.00 bits per heavy atom. The maximum atomic E-state index is 11.3. The van der Waals surface area contributed by atoms with Crippen molar-refractivity contribution in [2.45, 2.75) is 38.2 Å². The van der Waals surface area contributed by atoms with Crippen LogP contribution in [0.2, 0.25) is 0 Å². The summed E-state index contributed by atoms with van der Waals surface area (Å²) in [5.41, 5.74) is 2.55. The minimum absolute atomic E-state index is 0.0145. The molecule has 0 amide bonds. The van der Waals surface area contributed by atoms with Crippen molar-refractivity contribution >= 4 is 16.9 Å². The van der Waals surface area contributed by atoms with Gasteiger partial charge in [0.25, 0.3) is 0 Å². The molecule has 2 N–H and O–H groups in total. The van der Waals surface area contributed by atoms with E-state index in [4.69, 9.17) is 4.74 Å². The number of hydrogen-bond donors (Lipinski definition) is 2. The molecule has 2 heterocycles. The zero-order chi connectivity index (χ0) is 14.2. The average molecular weight is 273 g/mol. The number of carboxylic acids is 1. The summed E-state index contributed by atoms with van der Waals surface area (Å²) < 4.78 is 5.96. The number of aromatic nitrogens is 1. The molecule has 106 valence electrons. The molecule has 0 aliphatic carbocycles. The van der Waals surface area contributed by atoms with Crippen molar-refractivity contribution in [2.24, 2.45) is 0 Å². The highest BCUT2D eigenvalue weighted by molar-refractivity contribution is 5.85. The molecule has 0 saturated heterocycles. The summed E-state index contributed by atoms with van der Waals surface area (Å²) in [5.74, 6) is -0.815. The van der Waals surface area contributed by atoms with E-state index in [1.807, 2.05) is 18.2 Å². The quantitative estimate of drug-likeness (QED) is 0.899. The summed E-state index contributed by atoms with van der Waals surface area (Å²) in [6.07, 6.45) is 2.46. The lowest BCUT2D eigenvalue weighted by Crippen LogP contribution is -2.37. The van der Waals surface area contributed by atoms with Gasteiger partial charge in [-0.15, -0.1) is 0 Å². The summed E-state index contributed by atoms with van der Waals surface area (Å²) in [7, 11) is 0. The predicted octanol–water partition coefficient (Wildman–Crippen LogP) is 3.21. The summed E-state index contributed by atoms with van der Waals surface area (Å²) in [4.78, 5) is 14.7. The van der Waals surface area contributed by atoms with Gasteiger partial charge in [0.2, 0.25) is 0 Å². The molecule has 0 fully saturated rings. The van der Waals surface area contributed by atoms with Crippen molar-refractivity contribution in [3.05, 3.63) is 35.5 Å². The first-order chi connectivity index (χ1) is 9.66. The standard InChI is InChI=1S/C16H19NO3/c1-2-8-16(10-14(18)19)15-12(7-9-20-16)11-5-3-4-6-13(11)17-15/h3-6,17H,2,7-10H2,1H3,(H,18,19). The van der Waals surface area contributed by atoms with Gasteiger partial charge in [-0.3, -0.25) is 4.79 Å². The molecule has 1 aliphatic rings. The number of aromatic amines is 1. The minimum Gasteiger partial charge on any atom is -0.481 e. The van der Waals surface area contributed by atoms with Crippen LogP contribution in [0.5, 0.6) is 0 Å². The van der Waals surface area contributed by atoms with E-state index in [0.717, 1.165) is 30.5 Å². The number of rotatable bonds is 4. The molecule has 0 saturated carbocycles. The van der Waals surface area contributed by atoms with E-state index >= 15 is 0 Å². The molecule has 0 radical (unpaired) electrons. The van der Waals surface area contributed by atoms with Crippen LogP contribution < -0.4 is 0 Å². The zero-order valence-electron chi connectivity index (χ0n) is 11.6. The van der Waals surface area contributed by atoms with Crippen molar-refractivity contribution in [1.29, 1.82) is 0 Å². The maximum Gasteiger partial charge on any atom is 0.306 e. The van der Waals surface area contributed by atoms with Crippen molar-refractivity contribution in [1.82, 2.24) is 4.98 Å². The van der Waals surface area contributed by atoms with E-state index in [9.17, 15) is 9.90 Å². The van der Waals surface area contributed by atoms with E-state index in [1.54, 1.807) is 0 Å². The van der Waals surface area contributed by atoms with E-state index in [2.05, 4.69) is 18.0 Å². The number of H-pyrrole nitrogens is 1. The number of hydrogen-bond acceptors (Lipinski definition) is 2. The largest absolute Gasteiger partial charge is 0.481 e. The third kappa shape index (κ3) is 2.00. The van der Waals surface area contributed by atoms with Crippen LogP contribution >= 0.6 is 0 Å². The van der Waals surface area contributed by atoms with Gasteiger partial charge in [-0.25, -0.2) is 0 Å². The van der Waals surface area contributed by atoms with Gasteiger partial charge in [0.15, 0.2) is 0 Å². The van der Waals surface area contributed by atoms with E-state index in [0.29, 0.717) is 6.61 Å². The average Bonchev–Trinajstić information content (AvgIpc) is 2.79. The van der Waals surface area contributed by atoms with Gasteiger partial charge in [-0.05, 0) is 24.5 Å². The number of benzene rings is 1. The summed E-state index contributed by atoms with van der Waals surface area (Å²) in [6, 6.07) is 8.13. The van der Waals surface area contributed by atoms with E-state index in [1.165, 1.54) is 10.9 Å². The fourth-order valence-corrected chi connectivity index (χ4v) is 3.34. The van der Waals surface area contributed by atoms with Crippen LogP contribution in [0, 0.1) is 0 Å². The van der Waals surface area contributed by atoms with Gasteiger partial charge in [-0.1, -0.05) is 31.5 Å². The second-order valence-electron chi connectivity index (χ2n) is 5.44. The molecule has 4 heteroatoms. The third-order valence-corrected chi connectivity index (χ3v) is 4.09. The second kappa shape index (κ2) is 4.94. The fourth-order valence-electron chi connectivity index (χ4n) is 3.34. The molecule has 2 aromatic rings. The molecule has 1 aromatic heterocycles. The molecule has 20 heavy (non-hydrogen) atoms. The highest BCUT2D eigenvalue weighted by Crippen LogP contribution is 2.42. The Morgan fingerprint density at radius 1 is 1.45 bits per heavy atom. The van der Waals surface area contributed by atoms with Gasteiger partial charge in [-0.2, -0.15) is 0 Å². The summed E-state index contributed by atoms with van der Waals surface area (Å²) >= 11 is 0. The number of para-hydroxylation sites is 1. The SMILES string of the molecule is CCCC1(CC(=O)O)OCCc2c1[nH]c1ccccc21. The lowest BCUT2D eigenvalue weighted by atomic mass is 9.85. The lowest BCUT2D eigenvalue weighted by Gasteiger charge is -2.36. The summed E-state index contributed by atoms with van der Waals surface area (Å²) in [6.45, 7) is 2.64. The molecule has 1 aromatic carbocycles. The molecule has 0 spiro atoms. The second-order valence-corrected chi connectivity index (χ2v) is 5.44. The lowest BCUT2D eigenvalue weighted by molar-refractivity contribution is -0.149. The number of aliphatic carboxylic acids is 1. The normalized spacial score (nSPS) is 21.9. The third-order valence-electron chi connectivity index (χ3n) is 4.09. The number of fused-ring (bicyclic) bond motifs is 3. The Morgan fingerprint density at radius 2 is 2.25 bits per heavy atom. The highest BCUT2D eigenvalue weighted by atomic mass is 16.5. The number of carboxylic acid groups (broad SMARTS) is 1. The molecule has 1 aliphatic heterocycles. The van der Waals surface area contributed by atoms with Gasteiger partial charge in [0, 0.05) is 10.9 Å². The summed E-state index contributed by atoms with van der Waals surface area (Å²) in [5, 5.41) is 10.5. The first-order valence-corrected chi connectivity index (χ1v) is 7.12. The van der Waals surface area contributed by atoms with Crippen LogP contribution in [-0.4, -0.2) is 22.7 Å². The Labute approximate surface area is 117 Å². The van der Waals surface area contributed by atoms with Gasteiger partial charge >= 0.3 is 5.97 Å². The first kappa shape index (κ1) is 13.2. The van der Waals surface area contributed by atoms with Crippen molar-refractivity contribution < 1.29 is 14.6 Å². The van der Waals surface area contributed by atoms with Crippen molar-refractivity contribution in [2.75, 3.05) is 6.61 Å². The Hall–Kier alpha value is -1.81. The number of carbonyl (C=O) groups is 1. The minimum atomic E-state index is -0.815. The molecule has 3 rings (SSSR count). The molecule has 4 nitrogen and oxygen atoms in total. The van der Waals surface area contributed by atoms with E-state index in [-0.39, 0.29) is 6.42 Å². The van der Waals surface area contributed by atoms with Crippen LogP contribution in [0.3, 0.4) is 0 Å². The smallest absolute Gasteiger partial charge is 0.306 e. The van der Waals surface area contributed by atoms with Crippen molar-refractivity contribution in [3.8, 4) is 0 Å². The van der Waals surface area contributed by atoms with Gasteiger partial charge in [0.1, 0.15) is 5.60 Å². The topological polar surface area (TPSA) is 62.3 Å². The van der Waals surface area contributed by atoms with Gasteiger partial charge < -0.3 is 14.8 Å². The maximum absolute atomic E-state index is 11.3. The first-order valence-electron chi connectivity index (χ1n) is 7.12. The van der Waals surface area contributed by atoms with Crippen molar-refractivity contribution in [3.63, 3.8) is 0 Å². The number of nitrogens with one attached hydrogen (secondary N) is 1. The Kier molecular flexibility index (Phi) is 3.26. The van der Waals surface area contributed by atoms with Gasteiger partial charge in [0.05, 0.1) is 18.7 Å². The monoisotopic (exact) mass is 273 g/mol. The van der Waals surface area contributed by atoms with Crippen LogP contribution in [0.1, 0.15) is 37.4 Å². The fraction of sp³-hybridized carbons (Fsp3) is 0.438. The molecular formula is C16H19NO3. The van der Waals surface area contributed by atoms with Crippen LogP contribution in [0.15, 0.2) is 24.3 Å². The Bertz CT molecular complexity index is 646. The predicted molar refractivity (Wildman–Crippen MR) is 76.8 cm³/mol. The molecular weight excluding hydrogens is 254 g/mol. The molecule has 1 unspecified atom stereocenters. The molecule has 0 bridgehead atoms. The van der Waals surface area contributed by atoms with Crippen LogP contribution in [-0.2, 0) is 21.6 Å². The Balaban J connectivity index is 2.18. The van der Waals surface area contributed by atoms with Crippen LogP contribution in [0.4, 0.5) is 0 Å². The highest BCUT2D eigenvalue weighted by Gasteiger charge is 2.41.